The molecule has 5 rings (SSSR count). The second-order valence-electron chi connectivity index (χ2n) is 6.86. The Labute approximate surface area is 166 Å². The number of hydrogen-bond acceptors (Lipinski definition) is 4. The van der Waals surface area contributed by atoms with E-state index in [1.165, 1.54) is 7.11 Å². The lowest BCUT2D eigenvalue weighted by Crippen LogP contribution is -2.11. The largest absolute Gasteiger partial charge is 0.494 e. The van der Waals surface area contributed by atoms with Crippen molar-refractivity contribution in [1.82, 2.24) is 4.98 Å². The summed E-state index contributed by atoms with van der Waals surface area (Å²) in [5, 5.41) is 4.35. The van der Waals surface area contributed by atoms with Crippen molar-refractivity contribution >= 4 is 44.2 Å². The summed E-state index contributed by atoms with van der Waals surface area (Å²) >= 11 is 0. The summed E-state index contributed by atoms with van der Waals surface area (Å²) in [6.45, 7) is 0. The topological polar surface area (TPSA) is 77.3 Å². The van der Waals surface area contributed by atoms with Gasteiger partial charge in [0.1, 0.15) is 11.3 Å². The summed E-state index contributed by atoms with van der Waals surface area (Å²) in [5.74, 6) is 0.256. The highest BCUT2D eigenvalue weighted by molar-refractivity contribution is 6.17. The van der Waals surface area contributed by atoms with Crippen molar-refractivity contribution in [3.63, 3.8) is 0 Å². The predicted octanol–water partition coefficient (Wildman–Crippen LogP) is 5.28. The van der Waals surface area contributed by atoms with E-state index in [1.807, 2.05) is 24.3 Å². The number of esters is 1. The van der Waals surface area contributed by atoms with E-state index in [1.54, 1.807) is 24.3 Å². The molecule has 0 aliphatic heterocycles. The lowest BCUT2D eigenvalue weighted by atomic mass is 10.1. The molecule has 5 heteroatoms. The molecule has 4 aromatic carbocycles. The number of para-hydroxylation sites is 2. The van der Waals surface area contributed by atoms with Gasteiger partial charge in [-0.15, -0.1) is 0 Å². The zero-order chi connectivity index (χ0) is 20.0. The lowest BCUT2D eigenvalue weighted by Gasteiger charge is -2.11. The molecule has 0 bridgehead atoms. The van der Waals surface area contributed by atoms with E-state index >= 15 is 0 Å². The molecule has 0 unspecified atom stereocenters. The zero-order valence-electron chi connectivity index (χ0n) is 15.7. The Bertz CT molecular complexity index is 1400. The second-order valence-corrected chi connectivity index (χ2v) is 6.86. The maximum atomic E-state index is 12.7. The third-order valence-corrected chi connectivity index (χ3v) is 5.15. The van der Waals surface area contributed by atoms with E-state index in [-0.39, 0.29) is 5.56 Å². The number of ether oxygens (including phenoxy) is 2. The maximum absolute atomic E-state index is 12.7. The van der Waals surface area contributed by atoms with Crippen LogP contribution in [0.5, 0.6) is 11.5 Å². The number of carbonyl (C=O) groups is 1. The summed E-state index contributed by atoms with van der Waals surface area (Å²) in [6.07, 6.45) is 0. The Morgan fingerprint density at radius 3 is 2.59 bits per heavy atom. The number of benzene rings is 4. The average molecular weight is 382 g/mol. The molecule has 1 heterocycles. The molecule has 0 spiro atoms. The van der Waals surface area contributed by atoms with Crippen molar-refractivity contribution in [3.05, 3.63) is 78.4 Å². The first-order valence-corrected chi connectivity index (χ1v) is 9.23. The number of nitrogens with two attached hydrogens (primary N) is 1. The quantitative estimate of drug-likeness (QED) is 0.253. The predicted molar refractivity (Wildman–Crippen MR) is 116 cm³/mol. The number of aromatic amines is 1. The minimum Gasteiger partial charge on any atom is -0.494 e. The van der Waals surface area contributed by atoms with E-state index in [0.717, 1.165) is 32.6 Å². The molecule has 0 aliphatic rings. The summed E-state index contributed by atoms with van der Waals surface area (Å²) in [4.78, 5) is 16.2. The molecule has 0 saturated heterocycles. The Morgan fingerprint density at radius 2 is 1.72 bits per heavy atom. The third kappa shape index (κ3) is 2.75. The average Bonchev–Trinajstić information content (AvgIpc) is 3.13. The smallest absolute Gasteiger partial charge is 0.347 e. The Kier molecular flexibility index (Phi) is 3.88. The van der Waals surface area contributed by atoms with Crippen LogP contribution in [0.1, 0.15) is 10.4 Å². The van der Waals surface area contributed by atoms with Gasteiger partial charge >= 0.3 is 5.97 Å². The van der Waals surface area contributed by atoms with Gasteiger partial charge in [-0.3, -0.25) is 0 Å². The first-order chi connectivity index (χ1) is 14.2. The van der Waals surface area contributed by atoms with Crippen LogP contribution in [0.4, 0.5) is 5.69 Å². The first kappa shape index (κ1) is 17.1. The Hall–Kier alpha value is -3.99. The fourth-order valence-electron chi connectivity index (χ4n) is 3.79. The molecule has 0 atom stereocenters. The van der Waals surface area contributed by atoms with Crippen molar-refractivity contribution in [2.45, 2.75) is 0 Å². The minimum atomic E-state index is -0.516. The number of H-pyrrole nitrogens is 1. The van der Waals surface area contributed by atoms with Crippen LogP contribution < -0.4 is 15.2 Å². The van der Waals surface area contributed by atoms with E-state index in [4.69, 9.17) is 15.2 Å². The number of carbonyl (C=O) groups excluding carboxylic acids is 1. The fourth-order valence-corrected chi connectivity index (χ4v) is 3.79. The highest BCUT2D eigenvalue weighted by atomic mass is 16.5. The van der Waals surface area contributed by atoms with Gasteiger partial charge in [0.05, 0.1) is 18.3 Å². The summed E-state index contributed by atoms with van der Waals surface area (Å²) in [6, 6.07) is 23.0. The normalized spacial score (nSPS) is 11.2. The van der Waals surface area contributed by atoms with Crippen LogP contribution in [-0.4, -0.2) is 18.1 Å². The molecule has 5 aromatic rings. The third-order valence-electron chi connectivity index (χ3n) is 5.15. The van der Waals surface area contributed by atoms with Crippen molar-refractivity contribution in [2.24, 2.45) is 0 Å². The van der Waals surface area contributed by atoms with Gasteiger partial charge < -0.3 is 20.2 Å². The highest BCUT2D eigenvalue weighted by Gasteiger charge is 2.17. The van der Waals surface area contributed by atoms with Gasteiger partial charge in [0, 0.05) is 21.7 Å². The Balaban J connectivity index is 1.60. The molecule has 142 valence electrons. The van der Waals surface area contributed by atoms with E-state index in [9.17, 15) is 4.79 Å². The highest BCUT2D eigenvalue weighted by Crippen LogP contribution is 2.33. The monoisotopic (exact) mass is 382 g/mol. The summed E-state index contributed by atoms with van der Waals surface area (Å²) in [5.41, 5.74) is 8.67. The van der Waals surface area contributed by atoms with Crippen molar-refractivity contribution in [3.8, 4) is 11.5 Å². The summed E-state index contributed by atoms with van der Waals surface area (Å²) in [7, 11) is 1.48. The van der Waals surface area contributed by atoms with Crippen LogP contribution >= 0.6 is 0 Å². The Morgan fingerprint density at radius 1 is 0.897 bits per heavy atom. The number of methoxy groups -OCH3 is 1. The number of hydrogen-bond donors (Lipinski definition) is 2. The number of rotatable bonds is 3. The van der Waals surface area contributed by atoms with Crippen LogP contribution in [0.25, 0.3) is 32.6 Å². The van der Waals surface area contributed by atoms with Crippen molar-refractivity contribution < 1.29 is 14.3 Å². The number of fused-ring (bicyclic) bond motifs is 5. The lowest BCUT2D eigenvalue weighted by molar-refractivity contribution is 0.0731. The molecule has 0 fully saturated rings. The van der Waals surface area contributed by atoms with Gasteiger partial charge in [-0.1, -0.05) is 42.5 Å². The molecule has 0 radical (unpaired) electrons. The van der Waals surface area contributed by atoms with Gasteiger partial charge in [0.15, 0.2) is 5.75 Å². The first-order valence-electron chi connectivity index (χ1n) is 9.23. The van der Waals surface area contributed by atoms with E-state index in [2.05, 4.69) is 29.2 Å². The molecular weight excluding hydrogens is 364 g/mol. The van der Waals surface area contributed by atoms with E-state index in [0.29, 0.717) is 17.2 Å². The van der Waals surface area contributed by atoms with Crippen LogP contribution in [-0.2, 0) is 0 Å². The molecule has 1 aromatic heterocycles. The molecule has 5 nitrogen and oxygen atoms in total. The molecular formula is C24H18N2O3. The van der Waals surface area contributed by atoms with Gasteiger partial charge in [-0.2, -0.15) is 0 Å². The standard InChI is InChI=1S/C24H18N2O3/c1-28-23-18(6-4-7-20(23)25)24(27)29-15-11-9-14-10-12-17-16-5-2-3-8-21(16)26-22(17)19(14)13-15/h2-13,26H,25H2,1H3. The number of aromatic nitrogens is 1. The van der Waals surface area contributed by atoms with Crippen molar-refractivity contribution in [2.75, 3.05) is 12.8 Å². The van der Waals surface area contributed by atoms with Crippen LogP contribution in [0.2, 0.25) is 0 Å². The van der Waals surface area contributed by atoms with Gasteiger partial charge in [-0.25, -0.2) is 4.79 Å². The molecule has 0 saturated carbocycles. The fraction of sp³-hybridized carbons (Fsp3) is 0.0417. The van der Waals surface area contributed by atoms with Crippen LogP contribution in [0.3, 0.4) is 0 Å². The SMILES string of the molecule is COc1c(N)cccc1C(=O)Oc1ccc2ccc3c4ccccc4[nH]c3c2c1. The van der Waals surface area contributed by atoms with Crippen LogP contribution in [0, 0.1) is 0 Å². The molecule has 0 aliphatic carbocycles. The van der Waals surface area contributed by atoms with Gasteiger partial charge in [0.2, 0.25) is 0 Å². The number of nitrogen functional groups attached to an aromatic ring is 1. The minimum absolute atomic E-state index is 0.288. The second kappa shape index (κ2) is 6.56. The molecule has 3 N–H and O–H groups in total. The maximum Gasteiger partial charge on any atom is 0.347 e. The number of nitrogens with one attached hydrogen (secondary N) is 1. The van der Waals surface area contributed by atoms with Gasteiger partial charge in [0.25, 0.3) is 0 Å². The zero-order valence-corrected chi connectivity index (χ0v) is 15.7. The van der Waals surface area contributed by atoms with Gasteiger partial charge in [-0.05, 0) is 35.7 Å². The van der Waals surface area contributed by atoms with Crippen molar-refractivity contribution in [1.29, 1.82) is 0 Å². The molecule has 0 amide bonds. The van der Waals surface area contributed by atoms with E-state index < -0.39 is 5.97 Å². The molecule has 29 heavy (non-hydrogen) atoms. The number of anilines is 1. The van der Waals surface area contributed by atoms with Crippen LogP contribution in [0.15, 0.2) is 72.8 Å². The summed E-state index contributed by atoms with van der Waals surface area (Å²) < 4.78 is 10.9.